The maximum Gasteiger partial charge on any atom is 0.417 e. The number of anilines is 3. The molecule has 292 valence electrons. The van der Waals surface area contributed by atoms with Gasteiger partial charge in [0.1, 0.15) is 11.8 Å². The molecule has 0 saturated carbocycles. The molecule has 3 aliphatic heterocycles. The van der Waals surface area contributed by atoms with Gasteiger partial charge in [-0.25, -0.2) is 0 Å². The first-order valence-electron chi connectivity index (χ1n) is 19.0. The Hall–Kier alpha value is -5.29. The molecular weight excluding hydrogens is 711 g/mol. The largest absolute Gasteiger partial charge is 0.494 e. The molecule has 3 heterocycles. The fraction of sp³-hybridized carbons (Fsp3) is 0.463. The Bertz CT molecular complexity index is 1870. The van der Waals surface area contributed by atoms with Crippen molar-refractivity contribution in [3.63, 3.8) is 0 Å². The second-order valence-corrected chi connectivity index (χ2v) is 14.4. The molecule has 1 N–H and O–H groups in total. The summed E-state index contributed by atoms with van der Waals surface area (Å²) in [4.78, 5) is 47.1. The minimum Gasteiger partial charge on any atom is -0.494 e. The highest BCUT2D eigenvalue weighted by Crippen LogP contribution is 2.36. The summed E-state index contributed by atoms with van der Waals surface area (Å²) in [5.41, 5.74) is 2.82. The summed E-state index contributed by atoms with van der Waals surface area (Å²) in [7, 11) is 0. The van der Waals surface area contributed by atoms with Gasteiger partial charge in [0.05, 0.1) is 23.8 Å². The van der Waals surface area contributed by atoms with Gasteiger partial charge in [-0.2, -0.15) is 18.4 Å². The molecule has 6 rings (SSSR count). The predicted octanol–water partition coefficient (Wildman–Crippen LogP) is 5.67. The van der Waals surface area contributed by atoms with Crippen LogP contribution in [0.5, 0.6) is 5.75 Å². The van der Waals surface area contributed by atoms with Gasteiger partial charge in [0, 0.05) is 81.0 Å². The van der Waals surface area contributed by atoms with Crippen molar-refractivity contribution in [2.45, 2.75) is 64.3 Å². The van der Waals surface area contributed by atoms with Crippen LogP contribution >= 0.6 is 0 Å². The Kier molecular flexibility index (Phi) is 12.5. The minimum absolute atomic E-state index is 0.0624. The van der Waals surface area contributed by atoms with Crippen molar-refractivity contribution in [2.75, 3.05) is 73.7 Å². The number of hydrogen-bond donors (Lipinski definition) is 1. The number of amides is 3. The monoisotopic (exact) mass is 759 g/mol. The van der Waals surface area contributed by atoms with Crippen molar-refractivity contribution >= 4 is 35.3 Å². The van der Waals surface area contributed by atoms with E-state index in [1.54, 1.807) is 17.0 Å². The Morgan fingerprint density at radius 3 is 2.33 bits per heavy atom. The molecule has 3 amide bonds. The van der Waals surface area contributed by atoms with Gasteiger partial charge in [0.25, 0.3) is 5.91 Å². The number of hydrogen-bond acceptors (Lipinski definition) is 9. The van der Waals surface area contributed by atoms with E-state index >= 15 is 0 Å². The van der Waals surface area contributed by atoms with Crippen LogP contribution in [0, 0.1) is 11.3 Å². The van der Waals surface area contributed by atoms with Crippen LogP contribution in [0.1, 0.15) is 66.6 Å². The SMILES string of the molecule is CCCC(C(=O)NC=O)N1Cc2cc(N3CCN(CCCCOc4ccc(N5CCN(c6ccc(C#N)c(C(F)(F)F)c6)CC5C)cc4)CC3)ccc2C1=O. The molecule has 0 aromatic heterocycles. The van der Waals surface area contributed by atoms with Gasteiger partial charge in [-0.1, -0.05) is 13.3 Å². The fourth-order valence-electron chi connectivity index (χ4n) is 7.86. The quantitative estimate of drug-likeness (QED) is 0.164. The van der Waals surface area contributed by atoms with E-state index in [0.717, 1.165) is 74.3 Å². The van der Waals surface area contributed by atoms with Crippen LogP contribution in [0.15, 0.2) is 60.7 Å². The highest BCUT2D eigenvalue weighted by atomic mass is 19.4. The van der Waals surface area contributed by atoms with E-state index in [1.165, 1.54) is 6.07 Å². The summed E-state index contributed by atoms with van der Waals surface area (Å²) in [5, 5.41) is 11.3. The zero-order valence-electron chi connectivity index (χ0n) is 31.4. The second kappa shape index (κ2) is 17.5. The summed E-state index contributed by atoms with van der Waals surface area (Å²) in [6.45, 7) is 11.3. The highest BCUT2D eigenvalue weighted by Gasteiger charge is 2.37. The Morgan fingerprint density at radius 1 is 0.964 bits per heavy atom. The van der Waals surface area contributed by atoms with Gasteiger partial charge >= 0.3 is 6.18 Å². The summed E-state index contributed by atoms with van der Waals surface area (Å²) < 4.78 is 46.6. The molecule has 3 aromatic rings. The second-order valence-electron chi connectivity index (χ2n) is 14.4. The van der Waals surface area contributed by atoms with E-state index < -0.39 is 23.7 Å². The number of nitrogens with one attached hydrogen (secondary N) is 1. The molecule has 2 unspecified atom stereocenters. The topological polar surface area (TPSA) is 112 Å². The van der Waals surface area contributed by atoms with Gasteiger partial charge in [0.2, 0.25) is 12.3 Å². The van der Waals surface area contributed by atoms with Gasteiger partial charge < -0.3 is 24.3 Å². The lowest BCUT2D eigenvalue weighted by molar-refractivity contribution is -0.137. The normalized spacial score (nSPS) is 18.2. The number of rotatable bonds is 14. The number of fused-ring (bicyclic) bond motifs is 1. The zero-order valence-corrected chi connectivity index (χ0v) is 31.4. The number of carbonyl (C=O) groups is 3. The Morgan fingerprint density at radius 2 is 1.65 bits per heavy atom. The standard InChI is InChI=1S/C41H48F3N7O4/c1-3-6-38(39(53)46-28-52)51-27-31-23-33(11-14-36(31)40(51)54)48-18-16-47(17-19-48)15-4-5-22-55-35-12-9-32(10-13-35)50-21-20-49(26-29(50)2)34-8-7-30(25-45)37(24-34)41(42,43)44/h7-14,23-24,28-29,38H,3-6,15-22,26-27H2,1-2H3,(H,46,52,53). The van der Waals surface area contributed by atoms with E-state index in [2.05, 4.69) is 33.0 Å². The van der Waals surface area contributed by atoms with Crippen molar-refractivity contribution in [3.8, 4) is 11.8 Å². The average Bonchev–Trinajstić information content (AvgIpc) is 3.51. The van der Waals surface area contributed by atoms with E-state index in [4.69, 9.17) is 10.00 Å². The first kappa shape index (κ1) is 39.4. The van der Waals surface area contributed by atoms with Crippen molar-refractivity contribution in [2.24, 2.45) is 0 Å². The lowest BCUT2D eigenvalue weighted by Gasteiger charge is -2.42. The number of halogens is 3. The first-order chi connectivity index (χ1) is 26.5. The third-order valence-corrected chi connectivity index (χ3v) is 10.8. The molecule has 2 saturated heterocycles. The number of unbranched alkanes of at least 4 members (excludes halogenated alkanes) is 1. The third kappa shape index (κ3) is 9.16. The van der Waals surface area contributed by atoms with Crippen LogP contribution in [0.4, 0.5) is 30.2 Å². The zero-order chi connectivity index (χ0) is 39.1. The first-order valence-corrected chi connectivity index (χ1v) is 19.0. The third-order valence-electron chi connectivity index (χ3n) is 10.8. The summed E-state index contributed by atoms with van der Waals surface area (Å²) in [6.07, 6.45) is -1.09. The van der Waals surface area contributed by atoms with Crippen LogP contribution in [-0.4, -0.2) is 99.1 Å². The number of nitriles is 1. The highest BCUT2D eigenvalue weighted by molar-refractivity contribution is 6.02. The molecule has 0 aliphatic carbocycles. The minimum atomic E-state index is -4.58. The number of ether oxygens (including phenoxy) is 1. The molecule has 0 spiro atoms. The van der Waals surface area contributed by atoms with Crippen molar-refractivity contribution < 1.29 is 32.3 Å². The molecule has 3 aliphatic rings. The van der Waals surface area contributed by atoms with Crippen LogP contribution in [-0.2, 0) is 22.3 Å². The fourth-order valence-corrected chi connectivity index (χ4v) is 7.86. The number of carbonyl (C=O) groups excluding carboxylic acids is 3. The van der Waals surface area contributed by atoms with E-state index in [-0.39, 0.29) is 17.5 Å². The summed E-state index contributed by atoms with van der Waals surface area (Å²) in [6, 6.07) is 18.8. The molecule has 3 aromatic carbocycles. The van der Waals surface area contributed by atoms with Gasteiger partial charge in [-0.05, 0) is 99.0 Å². The molecular formula is C41H48F3N7O4. The van der Waals surface area contributed by atoms with Gasteiger partial charge in [0.15, 0.2) is 0 Å². The number of nitrogens with zero attached hydrogens (tertiary/aromatic N) is 6. The molecule has 14 heteroatoms. The molecule has 55 heavy (non-hydrogen) atoms. The maximum absolute atomic E-state index is 13.5. The van der Waals surface area contributed by atoms with Gasteiger partial charge in [-0.3, -0.25) is 24.6 Å². The number of benzene rings is 3. The van der Waals surface area contributed by atoms with E-state index in [1.807, 2.05) is 48.2 Å². The van der Waals surface area contributed by atoms with Crippen molar-refractivity contribution in [1.29, 1.82) is 5.26 Å². The van der Waals surface area contributed by atoms with Gasteiger partial charge in [-0.15, -0.1) is 0 Å². The number of piperazine rings is 2. The molecule has 0 bridgehead atoms. The van der Waals surface area contributed by atoms with E-state index in [9.17, 15) is 27.6 Å². The number of imide groups is 1. The lowest BCUT2D eigenvalue weighted by Crippen LogP contribution is -2.52. The molecule has 0 radical (unpaired) electrons. The van der Waals surface area contributed by atoms with Crippen LogP contribution in [0.3, 0.4) is 0 Å². The van der Waals surface area contributed by atoms with Crippen LogP contribution < -0.4 is 24.8 Å². The lowest BCUT2D eigenvalue weighted by atomic mass is 10.0. The van der Waals surface area contributed by atoms with Crippen LogP contribution in [0.25, 0.3) is 0 Å². The average molecular weight is 760 g/mol. The summed E-state index contributed by atoms with van der Waals surface area (Å²) in [5.74, 6) is 0.173. The molecule has 2 fully saturated rings. The number of alkyl halides is 3. The molecule has 11 nitrogen and oxygen atoms in total. The van der Waals surface area contributed by atoms with Crippen molar-refractivity contribution in [1.82, 2.24) is 15.1 Å². The Balaban J connectivity index is 0.904. The maximum atomic E-state index is 13.5. The predicted molar refractivity (Wildman–Crippen MR) is 204 cm³/mol. The summed E-state index contributed by atoms with van der Waals surface area (Å²) >= 11 is 0. The van der Waals surface area contributed by atoms with Crippen LogP contribution in [0.2, 0.25) is 0 Å². The van der Waals surface area contributed by atoms with Crippen molar-refractivity contribution in [3.05, 3.63) is 82.9 Å². The Labute approximate surface area is 320 Å². The molecule has 2 atom stereocenters. The van der Waals surface area contributed by atoms with E-state index in [0.29, 0.717) is 63.3 Å². The smallest absolute Gasteiger partial charge is 0.417 e.